The molecule has 18 heavy (non-hydrogen) atoms. The molecule has 0 aromatic rings. The van der Waals surface area contributed by atoms with Crippen LogP contribution in [0.25, 0.3) is 0 Å². The first-order chi connectivity index (χ1) is 8.47. The Morgan fingerprint density at radius 1 is 1.44 bits per heavy atom. The Bertz CT molecular complexity index is 244. The molecule has 0 aromatic carbocycles. The second kappa shape index (κ2) is 7.59. The van der Waals surface area contributed by atoms with Crippen LogP contribution in [0.1, 0.15) is 40.0 Å². The second-order valence-electron chi connectivity index (χ2n) is 5.49. The SMILES string of the molecule is CC(C)(C)OC(=O)NCCCOCC1CCCO1. The third-order valence-electron chi connectivity index (χ3n) is 2.46. The van der Waals surface area contributed by atoms with E-state index in [1.54, 1.807) is 0 Å². The van der Waals surface area contributed by atoms with Crippen LogP contribution in [0.5, 0.6) is 0 Å². The van der Waals surface area contributed by atoms with Crippen LogP contribution in [0.2, 0.25) is 0 Å². The van der Waals surface area contributed by atoms with Crippen molar-refractivity contribution in [1.82, 2.24) is 5.32 Å². The van der Waals surface area contributed by atoms with Gasteiger partial charge in [-0.25, -0.2) is 4.79 Å². The lowest BCUT2D eigenvalue weighted by atomic mass is 10.2. The van der Waals surface area contributed by atoms with E-state index in [1.807, 2.05) is 20.8 Å². The fourth-order valence-corrected chi connectivity index (χ4v) is 1.67. The molecule has 0 radical (unpaired) electrons. The Labute approximate surface area is 109 Å². The van der Waals surface area contributed by atoms with Crippen molar-refractivity contribution in [1.29, 1.82) is 0 Å². The Kier molecular flexibility index (Phi) is 6.43. The van der Waals surface area contributed by atoms with Crippen molar-refractivity contribution < 1.29 is 19.0 Å². The third kappa shape index (κ3) is 7.50. The summed E-state index contributed by atoms with van der Waals surface area (Å²) in [6.07, 6.45) is 2.90. The van der Waals surface area contributed by atoms with Crippen LogP contribution in [-0.4, -0.2) is 44.2 Å². The monoisotopic (exact) mass is 259 g/mol. The Balaban J connectivity index is 1.90. The standard InChI is InChI=1S/C13H25NO4/c1-13(2,3)18-12(15)14-7-5-8-16-10-11-6-4-9-17-11/h11H,4-10H2,1-3H3,(H,14,15). The van der Waals surface area contributed by atoms with E-state index in [0.29, 0.717) is 19.8 Å². The van der Waals surface area contributed by atoms with Gasteiger partial charge in [0.1, 0.15) is 5.60 Å². The highest BCUT2D eigenvalue weighted by Crippen LogP contribution is 2.11. The quantitative estimate of drug-likeness (QED) is 0.742. The zero-order valence-electron chi connectivity index (χ0n) is 11.7. The number of carbonyl (C=O) groups is 1. The molecule has 5 nitrogen and oxygen atoms in total. The summed E-state index contributed by atoms with van der Waals surface area (Å²) in [4.78, 5) is 11.3. The molecule has 0 aromatic heterocycles. The van der Waals surface area contributed by atoms with Crippen LogP contribution in [0, 0.1) is 0 Å². The van der Waals surface area contributed by atoms with Crippen LogP contribution in [-0.2, 0) is 14.2 Å². The third-order valence-corrected chi connectivity index (χ3v) is 2.46. The smallest absolute Gasteiger partial charge is 0.407 e. The largest absolute Gasteiger partial charge is 0.444 e. The minimum Gasteiger partial charge on any atom is -0.444 e. The van der Waals surface area contributed by atoms with E-state index >= 15 is 0 Å². The molecular formula is C13H25NO4. The zero-order valence-corrected chi connectivity index (χ0v) is 11.7. The van der Waals surface area contributed by atoms with Crippen LogP contribution < -0.4 is 5.32 Å². The molecule has 1 atom stereocenters. The predicted octanol–water partition coefficient (Wildman–Crippen LogP) is 2.10. The summed E-state index contributed by atoms with van der Waals surface area (Å²) >= 11 is 0. The van der Waals surface area contributed by atoms with Gasteiger partial charge in [-0.05, 0) is 40.0 Å². The molecule has 1 rings (SSSR count). The minimum atomic E-state index is -0.444. The molecule has 1 aliphatic rings. The Hall–Kier alpha value is -0.810. The van der Waals surface area contributed by atoms with Crippen molar-refractivity contribution in [2.45, 2.75) is 51.7 Å². The molecule has 0 spiro atoms. The van der Waals surface area contributed by atoms with Crippen LogP contribution in [0.15, 0.2) is 0 Å². The highest BCUT2D eigenvalue weighted by atomic mass is 16.6. The fourth-order valence-electron chi connectivity index (χ4n) is 1.67. The highest BCUT2D eigenvalue weighted by molar-refractivity contribution is 5.67. The summed E-state index contributed by atoms with van der Waals surface area (Å²) in [5.74, 6) is 0. The summed E-state index contributed by atoms with van der Waals surface area (Å²) in [7, 11) is 0. The van der Waals surface area contributed by atoms with Crippen molar-refractivity contribution >= 4 is 6.09 Å². The normalized spacial score (nSPS) is 19.8. The van der Waals surface area contributed by atoms with E-state index in [0.717, 1.165) is 25.9 Å². The van der Waals surface area contributed by atoms with Gasteiger partial charge in [-0.15, -0.1) is 0 Å². The van der Waals surface area contributed by atoms with Gasteiger partial charge in [-0.3, -0.25) is 0 Å². The van der Waals surface area contributed by atoms with Gasteiger partial charge in [0.2, 0.25) is 0 Å². The number of hydrogen-bond acceptors (Lipinski definition) is 4. The average Bonchev–Trinajstić information content (AvgIpc) is 2.73. The summed E-state index contributed by atoms with van der Waals surface area (Å²) in [5, 5.41) is 2.70. The number of carbonyl (C=O) groups excluding carboxylic acids is 1. The van der Waals surface area contributed by atoms with E-state index in [2.05, 4.69) is 5.32 Å². The first-order valence-electron chi connectivity index (χ1n) is 6.63. The molecule has 0 aliphatic carbocycles. The molecule has 0 saturated carbocycles. The lowest BCUT2D eigenvalue weighted by Gasteiger charge is -2.19. The number of hydrogen-bond donors (Lipinski definition) is 1. The van der Waals surface area contributed by atoms with E-state index in [1.165, 1.54) is 0 Å². The van der Waals surface area contributed by atoms with Gasteiger partial charge in [0.05, 0.1) is 12.7 Å². The maximum absolute atomic E-state index is 11.3. The molecular weight excluding hydrogens is 234 g/mol. The number of amides is 1. The van der Waals surface area contributed by atoms with Gasteiger partial charge in [-0.2, -0.15) is 0 Å². The van der Waals surface area contributed by atoms with Gasteiger partial charge < -0.3 is 19.5 Å². The van der Waals surface area contributed by atoms with Crippen LogP contribution >= 0.6 is 0 Å². The maximum Gasteiger partial charge on any atom is 0.407 e. The molecule has 5 heteroatoms. The molecule has 1 aliphatic heterocycles. The molecule has 1 amide bonds. The number of rotatable bonds is 6. The predicted molar refractivity (Wildman–Crippen MR) is 68.6 cm³/mol. The highest BCUT2D eigenvalue weighted by Gasteiger charge is 2.16. The zero-order chi connectivity index (χ0) is 13.4. The van der Waals surface area contributed by atoms with Gasteiger partial charge >= 0.3 is 6.09 Å². The summed E-state index contributed by atoms with van der Waals surface area (Å²) in [5.41, 5.74) is -0.444. The van der Waals surface area contributed by atoms with Gasteiger partial charge in [0.25, 0.3) is 0 Å². The molecule has 1 unspecified atom stereocenters. The van der Waals surface area contributed by atoms with Crippen molar-refractivity contribution in [3.63, 3.8) is 0 Å². The molecule has 0 bridgehead atoms. The summed E-state index contributed by atoms with van der Waals surface area (Å²) in [6, 6.07) is 0. The first kappa shape index (κ1) is 15.2. The first-order valence-corrected chi connectivity index (χ1v) is 6.63. The van der Waals surface area contributed by atoms with E-state index in [-0.39, 0.29) is 12.2 Å². The van der Waals surface area contributed by atoms with E-state index in [9.17, 15) is 4.79 Å². The van der Waals surface area contributed by atoms with Gasteiger partial charge in [0, 0.05) is 19.8 Å². The maximum atomic E-state index is 11.3. The fraction of sp³-hybridized carbons (Fsp3) is 0.923. The van der Waals surface area contributed by atoms with Crippen LogP contribution in [0.4, 0.5) is 4.79 Å². The number of nitrogens with one attached hydrogen (secondary N) is 1. The molecule has 1 N–H and O–H groups in total. The second-order valence-corrected chi connectivity index (χ2v) is 5.49. The molecule has 106 valence electrons. The Morgan fingerprint density at radius 3 is 2.83 bits per heavy atom. The van der Waals surface area contributed by atoms with Gasteiger partial charge in [0.15, 0.2) is 0 Å². The average molecular weight is 259 g/mol. The molecule has 1 saturated heterocycles. The number of alkyl carbamates (subject to hydrolysis) is 1. The molecule has 1 heterocycles. The number of ether oxygens (including phenoxy) is 3. The van der Waals surface area contributed by atoms with Crippen molar-refractivity contribution in [2.75, 3.05) is 26.4 Å². The lowest BCUT2D eigenvalue weighted by Crippen LogP contribution is -2.33. The topological polar surface area (TPSA) is 56.8 Å². The van der Waals surface area contributed by atoms with Crippen molar-refractivity contribution in [3.05, 3.63) is 0 Å². The van der Waals surface area contributed by atoms with E-state index < -0.39 is 5.60 Å². The lowest BCUT2D eigenvalue weighted by molar-refractivity contribution is 0.0161. The van der Waals surface area contributed by atoms with Gasteiger partial charge in [-0.1, -0.05) is 0 Å². The molecule has 1 fully saturated rings. The van der Waals surface area contributed by atoms with Crippen molar-refractivity contribution in [3.8, 4) is 0 Å². The minimum absolute atomic E-state index is 0.267. The Morgan fingerprint density at radius 2 is 2.22 bits per heavy atom. The van der Waals surface area contributed by atoms with Crippen molar-refractivity contribution in [2.24, 2.45) is 0 Å². The summed E-state index contributed by atoms with van der Waals surface area (Å²) in [6.45, 7) is 8.25. The van der Waals surface area contributed by atoms with E-state index in [4.69, 9.17) is 14.2 Å². The summed E-state index contributed by atoms with van der Waals surface area (Å²) < 4.78 is 16.0. The van der Waals surface area contributed by atoms with Crippen LogP contribution in [0.3, 0.4) is 0 Å².